The number of amides is 1. The van der Waals surface area contributed by atoms with Crippen LogP contribution in [0.2, 0.25) is 0 Å². The molecule has 1 amide bonds. The molecule has 0 fully saturated rings. The molecular weight excluding hydrogens is 367 g/mol. The van der Waals surface area contributed by atoms with Gasteiger partial charge in [0.25, 0.3) is 5.91 Å². The van der Waals surface area contributed by atoms with E-state index in [4.69, 9.17) is 5.10 Å². The van der Waals surface area contributed by atoms with Gasteiger partial charge in [0.05, 0.1) is 5.52 Å². The number of hydrogen-bond donors (Lipinski definition) is 0. The van der Waals surface area contributed by atoms with Gasteiger partial charge in [-0.25, -0.2) is 8.91 Å². The maximum Gasteiger partial charge on any atom is 0.272 e. The minimum atomic E-state index is -0.305. The molecule has 0 radical (unpaired) electrons. The molecule has 0 aliphatic heterocycles. The van der Waals surface area contributed by atoms with Crippen LogP contribution in [-0.4, -0.2) is 38.5 Å². The van der Waals surface area contributed by atoms with Crippen LogP contribution in [0, 0.1) is 5.82 Å². The number of benzene rings is 1. The van der Waals surface area contributed by atoms with E-state index in [0.717, 1.165) is 22.2 Å². The second-order valence-electron chi connectivity index (χ2n) is 6.65. The van der Waals surface area contributed by atoms with Crippen molar-refractivity contribution in [3.05, 3.63) is 78.5 Å². The number of pyridine rings is 2. The van der Waals surface area contributed by atoms with Crippen LogP contribution in [0.15, 0.2) is 67.0 Å². The summed E-state index contributed by atoms with van der Waals surface area (Å²) in [6, 6.07) is 15.6. The number of aromatic nitrogens is 3. The van der Waals surface area contributed by atoms with Crippen LogP contribution in [0.4, 0.5) is 4.39 Å². The number of rotatable bonds is 5. The first kappa shape index (κ1) is 18.8. The molecule has 0 spiro atoms. The molecular formula is C23H21FN4O. The maximum atomic E-state index is 13.5. The third kappa shape index (κ3) is 3.38. The smallest absolute Gasteiger partial charge is 0.272 e. The average molecular weight is 388 g/mol. The van der Waals surface area contributed by atoms with Crippen molar-refractivity contribution in [2.45, 2.75) is 13.8 Å². The minimum Gasteiger partial charge on any atom is -0.338 e. The monoisotopic (exact) mass is 388 g/mol. The Morgan fingerprint density at radius 2 is 1.66 bits per heavy atom. The Morgan fingerprint density at radius 1 is 0.966 bits per heavy atom. The Hall–Kier alpha value is -3.54. The lowest BCUT2D eigenvalue weighted by molar-refractivity contribution is 0.0764. The van der Waals surface area contributed by atoms with Gasteiger partial charge in [-0.05, 0) is 67.9 Å². The van der Waals surface area contributed by atoms with Gasteiger partial charge in [0.2, 0.25) is 0 Å². The fourth-order valence-corrected chi connectivity index (χ4v) is 3.52. The number of carbonyl (C=O) groups excluding carboxylic acids is 1. The molecule has 0 atom stereocenters. The third-order valence-corrected chi connectivity index (χ3v) is 5.01. The van der Waals surface area contributed by atoms with Crippen LogP contribution in [-0.2, 0) is 0 Å². The van der Waals surface area contributed by atoms with Gasteiger partial charge in [0, 0.05) is 36.6 Å². The Bertz CT molecular complexity index is 1150. The van der Waals surface area contributed by atoms with E-state index < -0.39 is 0 Å². The van der Waals surface area contributed by atoms with Gasteiger partial charge in [-0.3, -0.25) is 9.78 Å². The van der Waals surface area contributed by atoms with Crippen molar-refractivity contribution in [1.82, 2.24) is 19.5 Å². The molecule has 3 aromatic heterocycles. The molecule has 29 heavy (non-hydrogen) atoms. The maximum absolute atomic E-state index is 13.5. The molecule has 5 nitrogen and oxygen atoms in total. The van der Waals surface area contributed by atoms with E-state index in [2.05, 4.69) is 4.98 Å². The molecule has 0 saturated carbocycles. The predicted molar refractivity (Wildman–Crippen MR) is 111 cm³/mol. The molecule has 3 heterocycles. The third-order valence-electron chi connectivity index (χ3n) is 5.01. The molecule has 0 bridgehead atoms. The zero-order valence-electron chi connectivity index (χ0n) is 16.3. The van der Waals surface area contributed by atoms with E-state index >= 15 is 0 Å². The van der Waals surface area contributed by atoms with Crippen molar-refractivity contribution in [2.24, 2.45) is 0 Å². The lowest BCUT2D eigenvalue weighted by Crippen LogP contribution is -2.32. The molecule has 0 aliphatic carbocycles. The highest BCUT2D eigenvalue weighted by molar-refractivity contribution is 5.97. The summed E-state index contributed by atoms with van der Waals surface area (Å²) >= 11 is 0. The van der Waals surface area contributed by atoms with Crippen LogP contribution >= 0.6 is 0 Å². The summed E-state index contributed by atoms with van der Waals surface area (Å²) in [5.41, 5.74) is 4.59. The highest BCUT2D eigenvalue weighted by Gasteiger charge is 2.22. The molecule has 0 N–H and O–H groups in total. The topological polar surface area (TPSA) is 50.5 Å². The summed E-state index contributed by atoms with van der Waals surface area (Å²) in [6.07, 6.45) is 3.44. The molecule has 0 unspecified atom stereocenters. The Labute approximate surface area is 168 Å². The summed E-state index contributed by atoms with van der Waals surface area (Å²) in [5, 5.41) is 4.79. The predicted octanol–water partition coefficient (Wildman–Crippen LogP) is 4.68. The van der Waals surface area contributed by atoms with E-state index in [1.54, 1.807) is 40.0 Å². The first-order chi connectivity index (χ1) is 14.1. The molecule has 0 aliphatic rings. The number of nitrogens with zero attached hydrogens (tertiary/aromatic N) is 4. The van der Waals surface area contributed by atoms with Crippen molar-refractivity contribution in [3.63, 3.8) is 0 Å². The second kappa shape index (κ2) is 7.83. The van der Waals surface area contributed by atoms with Crippen LogP contribution in [0.1, 0.15) is 24.3 Å². The lowest BCUT2D eigenvalue weighted by atomic mass is 10.0. The Kier molecular flexibility index (Phi) is 5.08. The second-order valence-corrected chi connectivity index (χ2v) is 6.65. The molecule has 4 rings (SSSR count). The normalized spacial score (nSPS) is 11.0. The summed E-state index contributed by atoms with van der Waals surface area (Å²) in [4.78, 5) is 18.9. The number of carbonyl (C=O) groups is 1. The van der Waals surface area contributed by atoms with E-state index in [0.29, 0.717) is 24.5 Å². The van der Waals surface area contributed by atoms with E-state index in [9.17, 15) is 9.18 Å². The Balaban J connectivity index is 2.00. The molecule has 4 aromatic rings. The fraction of sp³-hybridized carbons (Fsp3) is 0.174. The minimum absolute atomic E-state index is 0.0740. The number of halogens is 1. The van der Waals surface area contributed by atoms with E-state index in [-0.39, 0.29) is 11.7 Å². The van der Waals surface area contributed by atoms with Gasteiger partial charge in [-0.2, -0.15) is 5.10 Å². The van der Waals surface area contributed by atoms with Crippen molar-refractivity contribution >= 4 is 11.4 Å². The summed E-state index contributed by atoms with van der Waals surface area (Å²) in [5.74, 6) is -0.379. The summed E-state index contributed by atoms with van der Waals surface area (Å²) in [7, 11) is 0. The first-order valence-electron chi connectivity index (χ1n) is 9.61. The molecule has 146 valence electrons. The van der Waals surface area contributed by atoms with Crippen molar-refractivity contribution in [1.29, 1.82) is 0 Å². The van der Waals surface area contributed by atoms with Crippen molar-refractivity contribution in [2.75, 3.05) is 13.1 Å². The van der Waals surface area contributed by atoms with Crippen LogP contribution < -0.4 is 0 Å². The Morgan fingerprint density at radius 3 is 2.31 bits per heavy atom. The standard InChI is InChI=1S/C23H21FN4O/c1-3-27(4-2)23(29)20-7-5-6-19-21(16-12-14-25-15-13-16)22(26-28(19)20)17-8-10-18(24)11-9-17/h5-15H,3-4H2,1-2H3. The van der Waals surface area contributed by atoms with Crippen LogP contribution in [0.3, 0.4) is 0 Å². The fourth-order valence-electron chi connectivity index (χ4n) is 3.52. The van der Waals surface area contributed by atoms with Gasteiger partial charge >= 0.3 is 0 Å². The molecule has 0 saturated heterocycles. The van der Waals surface area contributed by atoms with E-state index in [1.807, 2.05) is 38.1 Å². The summed E-state index contributed by atoms with van der Waals surface area (Å²) < 4.78 is 15.2. The van der Waals surface area contributed by atoms with Gasteiger partial charge in [-0.1, -0.05) is 6.07 Å². The SMILES string of the molecule is CCN(CC)C(=O)c1cccc2c(-c3ccncc3)c(-c3ccc(F)cc3)nn12. The van der Waals surface area contributed by atoms with Crippen LogP contribution in [0.25, 0.3) is 27.9 Å². The first-order valence-corrected chi connectivity index (χ1v) is 9.61. The quantitative estimate of drug-likeness (QED) is 0.499. The largest absolute Gasteiger partial charge is 0.338 e. The summed E-state index contributed by atoms with van der Waals surface area (Å²) in [6.45, 7) is 5.15. The van der Waals surface area contributed by atoms with Gasteiger partial charge in [0.1, 0.15) is 17.2 Å². The van der Waals surface area contributed by atoms with Crippen LogP contribution in [0.5, 0.6) is 0 Å². The average Bonchev–Trinajstić information content (AvgIpc) is 3.15. The zero-order chi connectivity index (χ0) is 20.4. The highest BCUT2D eigenvalue weighted by atomic mass is 19.1. The van der Waals surface area contributed by atoms with Crippen molar-refractivity contribution in [3.8, 4) is 22.4 Å². The molecule has 6 heteroatoms. The number of fused-ring (bicyclic) bond motifs is 1. The zero-order valence-corrected chi connectivity index (χ0v) is 16.3. The van der Waals surface area contributed by atoms with Gasteiger partial charge < -0.3 is 4.90 Å². The highest BCUT2D eigenvalue weighted by Crippen LogP contribution is 2.35. The van der Waals surface area contributed by atoms with Crippen molar-refractivity contribution < 1.29 is 9.18 Å². The van der Waals surface area contributed by atoms with Gasteiger partial charge in [-0.15, -0.1) is 0 Å². The van der Waals surface area contributed by atoms with Gasteiger partial charge in [0.15, 0.2) is 0 Å². The molecule has 1 aromatic carbocycles. The van der Waals surface area contributed by atoms with E-state index in [1.165, 1.54) is 12.1 Å². The number of hydrogen-bond acceptors (Lipinski definition) is 3. The lowest BCUT2D eigenvalue weighted by Gasteiger charge is -2.18.